The molecule has 0 radical (unpaired) electrons. The lowest BCUT2D eigenvalue weighted by Gasteiger charge is -2.15. The van der Waals surface area contributed by atoms with Crippen LogP contribution in [-0.2, 0) is 11.3 Å². The summed E-state index contributed by atoms with van der Waals surface area (Å²) in [5.74, 6) is -0.384. The highest BCUT2D eigenvalue weighted by Crippen LogP contribution is 2.04. The lowest BCUT2D eigenvalue weighted by Crippen LogP contribution is -2.34. The summed E-state index contributed by atoms with van der Waals surface area (Å²) in [5.41, 5.74) is 0.163. The van der Waals surface area contributed by atoms with E-state index in [-0.39, 0.29) is 37.5 Å². The van der Waals surface area contributed by atoms with E-state index in [1.807, 2.05) is 12.1 Å². The molecule has 0 atom stereocenters. The highest BCUT2D eigenvalue weighted by molar-refractivity contribution is 5.77. The molecule has 110 valence electrons. The topological polar surface area (TPSA) is 116 Å². The van der Waals surface area contributed by atoms with Gasteiger partial charge in [-0.1, -0.05) is 17.3 Å². The van der Waals surface area contributed by atoms with E-state index in [4.69, 9.17) is 10.5 Å². The first kappa shape index (κ1) is 15.1. The second-order valence-corrected chi connectivity index (χ2v) is 4.45. The van der Waals surface area contributed by atoms with E-state index in [2.05, 4.69) is 10.3 Å². The zero-order valence-electron chi connectivity index (χ0n) is 11.6. The summed E-state index contributed by atoms with van der Waals surface area (Å²) >= 11 is 0. The van der Waals surface area contributed by atoms with Crippen molar-refractivity contribution < 1.29 is 4.79 Å². The van der Waals surface area contributed by atoms with Gasteiger partial charge in [-0.3, -0.25) is 9.59 Å². The Morgan fingerprint density at radius 3 is 2.59 bits per heavy atom. The van der Waals surface area contributed by atoms with Gasteiger partial charge >= 0.3 is 0 Å². The summed E-state index contributed by atoms with van der Waals surface area (Å²) < 4.78 is 1.11. The smallest absolute Gasteiger partial charge is 0.277 e. The predicted molar refractivity (Wildman–Crippen MR) is 76.2 cm³/mol. The lowest BCUT2D eigenvalue weighted by molar-refractivity contribution is -0.130. The van der Waals surface area contributed by atoms with Crippen molar-refractivity contribution in [1.82, 2.24) is 19.9 Å². The van der Waals surface area contributed by atoms with E-state index in [0.29, 0.717) is 10.9 Å². The normalized spacial score (nSPS) is 9.91. The number of hydrogen-bond acceptors (Lipinski definition) is 6. The van der Waals surface area contributed by atoms with Crippen LogP contribution in [0, 0.1) is 22.7 Å². The third-order valence-electron chi connectivity index (χ3n) is 3.04. The molecular weight excluding hydrogens is 284 g/mol. The van der Waals surface area contributed by atoms with Gasteiger partial charge in [-0.2, -0.15) is 10.5 Å². The number of hydrogen-bond donors (Lipinski definition) is 0. The Hall–Kier alpha value is -3.26. The van der Waals surface area contributed by atoms with Crippen LogP contribution in [0.25, 0.3) is 10.9 Å². The van der Waals surface area contributed by atoms with E-state index in [1.165, 1.54) is 0 Å². The number of benzene rings is 1. The van der Waals surface area contributed by atoms with E-state index in [0.717, 1.165) is 9.58 Å². The molecule has 0 aliphatic heterocycles. The van der Waals surface area contributed by atoms with Crippen LogP contribution in [0.1, 0.15) is 6.42 Å². The highest BCUT2D eigenvalue weighted by atomic mass is 16.2. The quantitative estimate of drug-likeness (QED) is 0.720. The summed E-state index contributed by atoms with van der Waals surface area (Å²) in [4.78, 5) is 25.2. The van der Waals surface area contributed by atoms with Crippen molar-refractivity contribution in [2.75, 3.05) is 13.1 Å². The van der Waals surface area contributed by atoms with Crippen LogP contribution in [-0.4, -0.2) is 38.9 Å². The molecule has 0 bridgehead atoms. The average Bonchev–Trinajstić information content (AvgIpc) is 2.54. The zero-order valence-corrected chi connectivity index (χ0v) is 11.6. The van der Waals surface area contributed by atoms with E-state index in [1.54, 1.807) is 24.3 Å². The SMILES string of the molecule is N#CCN(CC#N)C(=O)CCn1nnc2ccccc2c1=O. The molecular formula is C14H12N6O2. The van der Waals surface area contributed by atoms with Crippen molar-refractivity contribution in [3.63, 3.8) is 0 Å². The number of rotatable bonds is 5. The Kier molecular flexibility index (Phi) is 4.78. The predicted octanol–water partition coefficient (Wildman–Crippen LogP) is 0.0574. The molecule has 0 saturated carbocycles. The minimum Gasteiger partial charge on any atom is -0.316 e. The van der Waals surface area contributed by atoms with Gasteiger partial charge in [-0.25, -0.2) is 4.68 Å². The van der Waals surface area contributed by atoms with Crippen molar-refractivity contribution in [2.24, 2.45) is 0 Å². The fraction of sp³-hybridized carbons (Fsp3) is 0.286. The summed E-state index contributed by atoms with van der Waals surface area (Å²) in [6.45, 7) is -0.280. The Morgan fingerprint density at radius 1 is 1.23 bits per heavy atom. The van der Waals surface area contributed by atoms with Crippen LogP contribution in [0.4, 0.5) is 0 Å². The molecule has 0 aliphatic rings. The third kappa shape index (κ3) is 3.25. The monoisotopic (exact) mass is 296 g/mol. The van der Waals surface area contributed by atoms with Gasteiger partial charge in [-0.05, 0) is 12.1 Å². The summed E-state index contributed by atoms with van der Waals surface area (Å²) in [7, 11) is 0. The molecule has 8 nitrogen and oxygen atoms in total. The van der Waals surface area contributed by atoms with Crippen molar-refractivity contribution in [3.05, 3.63) is 34.6 Å². The van der Waals surface area contributed by atoms with Gasteiger partial charge in [0.15, 0.2) is 0 Å². The van der Waals surface area contributed by atoms with Gasteiger partial charge in [0.2, 0.25) is 5.91 Å². The van der Waals surface area contributed by atoms with Crippen LogP contribution < -0.4 is 5.56 Å². The molecule has 0 saturated heterocycles. The van der Waals surface area contributed by atoms with Crippen LogP contribution in [0.15, 0.2) is 29.1 Å². The number of aromatic nitrogens is 3. The molecule has 1 amide bonds. The van der Waals surface area contributed by atoms with E-state index < -0.39 is 0 Å². The van der Waals surface area contributed by atoms with Crippen LogP contribution in [0.5, 0.6) is 0 Å². The number of fused-ring (bicyclic) bond motifs is 1. The number of nitriles is 2. The first-order chi connectivity index (χ1) is 10.7. The molecule has 22 heavy (non-hydrogen) atoms. The Morgan fingerprint density at radius 2 is 1.91 bits per heavy atom. The van der Waals surface area contributed by atoms with Gasteiger partial charge < -0.3 is 4.90 Å². The zero-order chi connectivity index (χ0) is 15.9. The van der Waals surface area contributed by atoms with Gasteiger partial charge in [0.1, 0.15) is 18.6 Å². The molecule has 0 aliphatic carbocycles. The number of carbonyl (C=O) groups excluding carboxylic acids is 1. The molecule has 1 aromatic carbocycles. The van der Waals surface area contributed by atoms with Crippen molar-refractivity contribution in [1.29, 1.82) is 10.5 Å². The standard InChI is InChI=1S/C14H12N6O2/c15-6-9-19(10-7-16)13(21)5-8-20-14(22)11-3-1-2-4-12(11)17-18-20/h1-4H,5,8-10H2. The van der Waals surface area contributed by atoms with Crippen molar-refractivity contribution in [3.8, 4) is 12.1 Å². The molecule has 0 N–H and O–H groups in total. The molecule has 8 heteroatoms. The third-order valence-corrected chi connectivity index (χ3v) is 3.04. The minimum atomic E-state index is -0.384. The van der Waals surface area contributed by atoms with Crippen LogP contribution >= 0.6 is 0 Å². The van der Waals surface area contributed by atoms with Gasteiger partial charge in [-0.15, -0.1) is 5.10 Å². The number of amides is 1. The van der Waals surface area contributed by atoms with E-state index in [9.17, 15) is 9.59 Å². The van der Waals surface area contributed by atoms with Gasteiger partial charge in [0.25, 0.3) is 5.56 Å². The number of aryl methyl sites for hydroxylation is 1. The average molecular weight is 296 g/mol. The Balaban J connectivity index is 2.13. The molecule has 2 rings (SSSR count). The maximum atomic E-state index is 12.2. The Bertz CT molecular complexity index is 814. The summed E-state index contributed by atoms with van der Waals surface area (Å²) in [5, 5.41) is 25.4. The van der Waals surface area contributed by atoms with Gasteiger partial charge in [0, 0.05) is 6.42 Å². The van der Waals surface area contributed by atoms with Crippen LogP contribution in [0.2, 0.25) is 0 Å². The molecule has 0 unspecified atom stereocenters. The summed E-state index contributed by atoms with van der Waals surface area (Å²) in [6, 6.07) is 10.5. The first-order valence-corrected chi connectivity index (χ1v) is 6.51. The maximum Gasteiger partial charge on any atom is 0.277 e. The second kappa shape index (κ2) is 6.95. The number of carbonyl (C=O) groups is 1. The van der Waals surface area contributed by atoms with E-state index >= 15 is 0 Å². The fourth-order valence-corrected chi connectivity index (χ4v) is 1.93. The number of nitrogens with zero attached hydrogens (tertiary/aromatic N) is 6. The second-order valence-electron chi connectivity index (χ2n) is 4.45. The van der Waals surface area contributed by atoms with Crippen molar-refractivity contribution in [2.45, 2.75) is 13.0 Å². The largest absolute Gasteiger partial charge is 0.316 e. The fourth-order valence-electron chi connectivity index (χ4n) is 1.93. The summed E-state index contributed by atoms with van der Waals surface area (Å²) in [6.07, 6.45) is -0.0315. The molecule has 1 aromatic heterocycles. The molecule has 2 aromatic rings. The van der Waals surface area contributed by atoms with Gasteiger partial charge in [0.05, 0.1) is 24.1 Å². The molecule has 1 heterocycles. The molecule has 0 spiro atoms. The van der Waals surface area contributed by atoms with Crippen LogP contribution in [0.3, 0.4) is 0 Å². The first-order valence-electron chi connectivity index (χ1n) is 6.51. The molecule has 0 fully saturated rings. The minimum absolute atomic E-state index is 0.0315. The lowest BCUT2D eigenvalue weighted by atomic mass is 10.2. The maximum absolute atomic E-state index is 12.2. The Labute approximate surface area is 125 Å². The van der Waals surface area contributed by atoms with Crippen molar-refractivity contribution >= 4 is 16.8 Å². The highest BCUT2D eigenvalue weighted by Gasteiger charge is 2.14.